The van der Waals surface area contributed by atoms with Crippen LogP contribution in [-0.2, 0) is 9.59 Å². The van der Waals surface area contributed by atoms with E-state index in [-0.39, 0.29) is 11.8 Å². The average Bonchev–Trinajstić information content (AvgIpc) is 2.65. The van der Waals surface area contributed by atoms with Crippen LogP contribution in [0.25, 0.3) is 0 Å². The van der Waals surface area contributed by atoms with E-state index in [1.165, 1.54) is 22.3 Å². The third-order valence-electron chi connectivity index (χ3n) is 2.96. The lowest BCUT2D eigenvalue weighted by atomic mass is 10.2. The zero-order valence-corrected chi connectivity index (χ0v) is 9.54. The molecule has 5 nitrogen and oxygen atoms in total. The Labute approximate surface area is 104 Å². The van der Waals surface area contributed by atoms with E-state index in [0.717, 1.165) is 0 Å². The highest BCUT2D eigenvalue weighted by molar-refractivity contribution is 6.12. The molecule has 1 aromatic carbocycles. The largest absolute Gasteiger partial charge is 0.366 e. The molecule has 1 N–H and O–H groups in total. The van der Waals surface area contributed by atoms with Crippen LogP contribution in [0.1, 0.15) is 0 Å². The van der Waals surface area contributed by atoms with Gasteiger partial charge in [-0.3, -0.25) is 9.59 Å². The van der Waals surface area contributed by atoms with Gasteiger partial charge in [-0.2, -0.15) is 0 Å². The Kier molecular flexibility index (Phi) is 2.19. The Morgan fingerprint density at radius 2 is 1.89 bits per heavy atom. The number of carbonyl (C=O) groups is 2. The summed E-state index contributed by atoms with van der Waals surface area (Å²) in [5.74, 6) is -0.509. The molecule has 2 aliphatic heterocycles. The highest BCUT2D eigenvalue weighted by atomic mass is 16.2. The zero-order valence-electron chi connectivity index (χ0n) is 9.54. The van der Waals surface area contributed by atoms with Crippen molar-refractivity contribution in [1.29, 1.82) is 0 Å². The zero-order chi connectivity index (χ0) is 12.7. The van der Waals surface area contributed by atoms with Gasteiger partial charge in [0, 0.05) is 12.3 Å². The highest BCUT2D eigenvalue weighted by Crippen LogP contribution is 2.29. The van der Waals surface area contributed by atoms with Crippen LogP contribution in [0.5, 0.6) is 0 Å². The Hall–Kier alpha value is -2.56. The average molecular weight is 241 g/mol. The van der Waals surface area contributed by atoms with Crippen molar-refractivity contribution in [2.45, 2.75) is 6.17 Å². The van der Waals surface area contributed by atoms with Crippen LogP contribution >= 0.6 is 0 Å². The lowest BCUT2D eigenvalue weighted by molar-refractivity contribution is -0.130. The molecule has 90 valence electrons. The van der Waals surface area contributed by atoms with Gasteiger partial charge in [0.2, 0.25) is 0 Å². The van der Waals surface area contributed by atoms with Crippen molar-refractivity contribution in [3.05, 3.63) is 54.8 Å². The minimum atomic E-state index is -0.491. The Morgan fingerprint density at radius 1 is 1.17 bits per heavy atom. The molecule has 2 amide bonds. The molecule has 1 fully saturated rings. The summed E-state index contributed by atoms with van der Waals surface area (Å²) >= 11 is 0. The standard InChI is InChI=1S/C13H11N3O2/c1-9-12-14-8-7-11(17)16(12)15(13(9)18)10-5-3-2-4-6-10/h2-8,12,14H,1H2. The van der Waals surface area contributed by atoms with Crippen LogP contribution < -0.4 is 10.3 Å². The molecule has 1 saturated heterocycles. The number of fused-ring (bicyclic) bond motifs is 1. The minimum absolute atomic E-state index is 0.241. The van der Waals surface area contributed by atoms with Gasteiger partial charge in [0.05, 0.1) is 11.3 Å². The predicted octanol–water partition coefficient (Wildman–Crippen LogP) is 0.776. The molecular formula is C13H11N3O2. The van der Waals surface area contributed by atoms with Crippen LogP contribution in [0.2, 0.25) is 0 Å². The van der Waals surface area contributed by atoms with Gasteiger partial charge in [0.25, 0.3) is 11.8 Å². The van der Waals surface area contributed by atoms with Gasteiger partial charge in [-0.1, -0.05) is 24.8 Å². The van der Waals surface area contributed by atoms with Gasteiger partial charge in [0.1, 0.15) is 0 Å². The first kappa shape index (κ1) is 10.6. The number of para-hydroxylation sites is 1. The smallest absolute Gasteiger partial charge is 0.276 e. The van der Waals surface area contributed by atoms with Crippen molar-refractivity contribution < 1.29 is 9.59 Å². The van der Waals surface area contributed by atoms with Gasteiger partial charge in [-0.05, 0) is 12.1 Å². The first-order valence-electron chi connectivity index (χ1n) is 5.54. The van der Waals surface area contributed by atoms with E-state index in [1.807, 2.05) is 18.2 Å². The highest BCUT2D eigenvalue weighted by Gasteiger charge is 2.45. The number of nitrogens with zero attached hydrogens (tertiary/aromatic N) is 2. The minimum Gasteiger partial charge on any atom is -0.366 e. The van der Waals surface area contributed by atoms with Crippen LogP contribution in [-0.4, -0.2) is 23.0 Å². The normalized spacial score (nSPS) is 22.2. The maximum Gasteiger partial charge on any atom is 0.276 e. The summed E-state index contributed by atoms with van der Waals surface area (Å²) in [4.78, 5) is 24.1. The molecule has 5 heteroatoms. The van der Waals surface area contributed by atoms with Crippen molar-refractivity contribution >= 4 is 17.5 Å². The molecule has 0 saturated carbocycles. The summed E-state index contributed by atoms with van der Waals surface area (Å²) in [5.41, 5.74) is 1.01. The van der Waals surface area contributed by atoms with Gasteiger partial charge in [0.15, 0.2) is 6.17 Å². The molecule has 0 spiro atoms. The predicted molar refractivity (Wildman–Crippen MR) is 66.0 cm³/mol. The lowest BCUT2D eigenvalue weighted by Crippen LogP contribution is -2.52. The van der Waals surface area contributed by atoms with Crippen LogP contribution in [0, 0.1) is 0 Å². The maximum atomic E-state index is 12.2. The SMILES string of the molecule is C=C1C(=O)N(c2ccccc2)N2C(=O)C=CNC12. The third kappa shape index (κ3) is 1.34. The maximum absolute atomic E-state index is 12.2. The molecule has 2 aliphatic rings. The molecular weight excluding hydrogens is 230 g/mol. The molecule has 1 unspecified atom stereocenters. The number of hydrazine groups is 1. The van der Waals surface area contributed by atoms with Crippen molar-refractivity contribution in [2.75, 3.05) is 5.01 Å². The molecule has 1 aromatic rings. The molecule has 2 heterocycles. The second-order valence-corrected chi connectivity index (χ2v) is 4.06. The van der Waals surface area contributed by atoms with E-state index in [0.29, 0.717) is 11.3 Å². The Bertz CT molecular complexity index is 565. The second-order valence-electron chi connectivity index (χ2n) is 4.06. The second kappa shape index (κ2) is 3.73. The number of rotatable bonds is 1. The van der Waals surface area contributed by atoms with Gasteiger partial charge in [-0.25, -0.2) is 10.0 Å². The van der Waals surface area contributed by atoms with Crippen molar-refractivity contribution in [3.63, 3.8) is 0 Å². The summed E-state index contributed by atoms with van der Waals surface area (Å²) in [6.45, 7) is 3.75. The topological polar surface area (TPSA) is 52.7 Å². The number of nitrogens with one attached hydrogen (secondary N) is 1. The molecule has 3 rings (SSSR count). The van der Waals surface area contributed by atoms with Gasteiger partial charge < -0.3 is 5.32 Å². The molecule has 0 aliphatic carbocycles. The molecule has 18 heavy (non-hydrogen) atoms. The third-order valence-corrected chi connectivity index (χ3v) is 2.96. The summed E-state index contributed by atoms with van der Waals surface area (Å²) < 4.78 is 0. The first-order chi connectivity index (χ1) is 8.70. The number of anilines is 1. The monoisotopic (exact) mass is 241 g/mol. The molecule has 0 bridgehead atoms. The lowest BCUT2D eigenvalue weighted by Gasteiger charge is -2.32. The van der Waals surface area contributed by atoms with E-state index < -0.39 is 6.17 Å². The van der Waals surface area contributed by atoms with E-state index in [1.54, 1.807) is 12.1 Å². The van der Waals surface area contributed by atoms with Crippen molar-refractivity contribution in [2.24, 2.45) is 0 Å². The fraction of sp³-hybridized carbons (Fsp3) is 0.0769. The van der Waals surface area contributed by atoms with E-state index in [4.69, 9.17) is 0 Å². The summed E-state index contributed by atoms with van der Waals surface area (Å²) in [7, 11) is 0. The van der Waals surface area contributed by atoms with Gasteiger partial charge in [-0.15, -0.1) is 0 Å². The van der Waals surface area contributed by atoms with E-state index in [2.05, 4.69) is 11.9 Å². The fourth-order valence-corrected chi connectivity index (χ4v) is 2.11. The van der Waals surface area contributed by atoms with E-state index >= 15 is 0 Å². The van der Waals surface area contributed by atoms with Crippen molar-refractivity contribution in [3.8, 4) is 0 Å². The molecule has 0 radical (unpaired) electrons. The van der Waals surface area contributed by atoms with Crippen LogP contribution in [0.15, 0.2) is 54.8 Å². The Morgan fingerprint density at radius 3 is 2.61 bits per heavy atom. The van der Waals surface area contributed by atoms with Crippen LogP contribution in [0.3, 0.4) is 0 Å². The quantitative estimate of drug-likeness (QED) is 0.739. The fourth-order valence-electron chi connectivity index (χ4n) is 2.11. The Balaban J connectivity index is 2.08. The number of hydrogen-bond acceptors (Lipinski definition) is 3. The summed E-state index contributed by atoms with van der Waals surface area (Å²) in [6.07, 6.45) is 2.43. The molecule has 1 atom stereocenters. The number of benzene rings is 1. The first-order valence-corrected chi connectivity index (χ1v) is 5.54. The number of hydrogen-bond donors (Lipinski definition) is 1. The van der Waals surface area contributed by atoms with Gasteiger partial charge >= 0.3 is 0 Å². The van der Waals surface area contributed by atoms with E-state index in [9.17, 15) is 9.59 Å². The summed E-state index contributed by atoms with van der Waals surface area (Å²) in [5, 5.41) is 5.68. The molecule has 0 aromatic heterocycles. The summed E-state index contributed by atoms with van der Waals surface area (Å²) in [6, 6.07) is 9.04. The van der Waals surface area contributed by atoms with Crippen LogP contribution in [0.4, 0.5) is 5.69 Å². The number of amides is 2. The van der Waals surface area contributed by atoms with Crippen molar-refractivity contribution in [1.82, 2.24) is 10.3 Å². The number of carbonyl (C=O) groups excluding carboxylic acids is 2.